The molecule has 1 aromatic rings. The largest absolute Gasteiger partial charge is 0.162 e. The normalized spacial score (nSPS) is 10.5. The van der Waals surface area contributed by atoms with Gasteiger partial charge in [-0.25, -0.2) is 0 Å². The first-order chi connectivity index (χ1) is 6.06. The SMILES string of the molecule is CC#C[Si](C)(C)c1ccc(I)cc1. The second-order valence-corrected chi connectivity index (χ2v) is 8.83. The van der Waals surface area contributed by atoms with E-state index in [1.807, 2.05) is 6.92 Å². The summed E-state index contributed by atoms with van der Waals surface area (Å²) < 4.78 is 1.29. The molecule has 0 unspecified atom stereocenters. The van der Waals surface area contributed by atoms with E-state index in [4.69, 9.17) is 0 Å². The molecule has 0 aromatic heterocycles. The average molecular weight is 300 g/mol. The van der Waals surface area contributed by atoms with Gasteiger partial charge in [0.05, 0.1) is 0 Å². The monoisotopic (exact) mass is 300 g/mol. The van der Waals surface area contributed by atoms with Crippen LogP contribution in [0.4, 0.5) is 0 Å². The molecule has 0 heterocycles. The molecular formula is C11H13ISi. The van der Waals surface area contributed by atoms with E-state index in [1.165, 1.54) is 8.76 Å². The summed E-state index contributed by atoms with van der Waals surface area (Å²) >= 11 is 2.33. The van der Waals surface area contributed by atoms with Gasteiger partial charge in [0, 0.05) is 3.57 Å². The molecule has 13 heavy (non-hydrogen) atoms. The van der Waals surface area contributed by atoms with Crippen LogP contribution in [0.1, 0.15) is 6.92 Å². The molecular weight excluding hydrogens is 287 g/mol. The maximum Gasteiger partial charge on any atom is 0.162 e. The van der Waals surface area contributed by atoms with Crippen LogP contribution in [0.25, 0.3) is 0 Å². The Balaban J connectivity index is 3.05. The van der Waals surface area contributed by atoms with Gasteiger partial charge in [0.1, 0.15) is 0 Å². The first-order valence-electron chi connectivity index (χ1n) is 4.26. The lowest BCUT2D eigenvalue weighted by Gasteiger charge is -2.14. The standard InChI is InChI=1S/C11H13ISi/c1-4-9-13(2,3)11-7-5-10(12)6-8-11/h5-8H,1-3H3. The third-order valence-corrected chi connectivity index (χ3v) is 5.37. The Hall–Kier alpha value is -0.273. The second-order valence-electron chi connectivity index (χ2n) is 3.51. The molecule has 0 saturated carbocycles. The lowest BCUT2D eigenvalue weighted by Crippen LogP contribution is -2.39. The van der Waals surface area contributed by atoms with Crippen molar-refractivity contribution in [3.63, 3.8) is 0 Å². The summed E-state index contributed by atoms with van der Waals surface area (Å²) in [6.45, 7) is 6.48. The third kappa shape index (κ3) is 2.85. The van der Waals surface area contributed by atoms with Crippen LogP contribution in [-0.2, 0) is 0 Å². The predicted molar refractivity (Wildman–Crippen MR) is 69.7 cm³/mol. The first kappa shape index (κ1) is 10.8. The van der Waals surface area contributed by atoms with E-state index in [9.17, 15) is 0 Å². The number of benzene rings is 1. The highest BCUT2D eigenvalue weighted by Gasteiger charge is 2.20. The molecule has 0 aliphatic carbocycles. The van der Waals surface area contributed by atoms with E-state index in [0.717, 1.165) is 0 Å². The molecule has 0 bridgehead atoms. The molecule has 1 aromatic carbocycles. The Morgan fingerprint density at radius 3 is 2.15 bits per heavy atom. The summed E-state index contributed by atoms with van der Waals surface area (Å²) in [5.41, 5.74) is 3.34. The van der Waals surface area contributed by atoms with E-state index in [-0.39, 0.29) is 0 Å². The molecule has 0 amide bonds. The van der Waals surface area contributed by atoms with Crippen molar-refractivity contribution in [2.24, 2.45) is 0 Å². The van der Waals surface area contributed by atoms with E-state index < -0.39 is 8.07 Å². The zero-order valence-electron chi connectivity index (χ0n) is 8.19. The van der Waals surface area contributed by atoms with Crippen LogP contribution in [-0.4, -0.2) is 8.07 Å². The molecule has 2 heteroatoms. The van der Waals surface area contributed by atoms with Gasteiger partial charge in [-0.3, -0.25) is 0 Å². The fourth-order valence-electron chi connectivity index (χ4n) is 1.25. The molecule has 0 saturated heterocycles. The fourth-order valence-corrected chi connectivity index (χ4v) is 3.38. The van der Waals surface area contributed by atoms with Crippen molar-refractivity contribution in [1.82, 2.24) is 0 Å². The minimum atomic E-state index is -1.47. The quantitative estimate of drug-likeness (QED) is 0.425. The van der Waals surface area contributed by atoms with E-state index in [1.54, 1.807) is 0 Å². The minimum absolute atomic E-state index is 1.29. The highest BCUT2D eigenvalue weighted by atomic mass is 127. The van der Waals surface area contributed by atoms with Crippen LogP contribution in [0, 0.1) is 15.0 Å². The van der Waals surface area contributed by atoms with E-state index >= 15 is 0 Å². The molecule has 0 nitrogen and oxygen atoms in total. The van der Waals surface area contributed by atoms with Gasteiger partial charge < -0.3 is 0 Å². The van der Waals surface area contributed by atoms with Crippen molar-refractivity contribution in [3.8, 4) is 11.5 Å². The van der Waals surface area contributed by atoms with Gasteiger partial charge >= 0.3 is 0 Å². The van der Waals surface area contributed by atoms with Gasteiger partial charge in [-0.2, -0.15) is 0 Å². The molecule has 0 aliphatic heterocycles. The summed E-state index contributed by atoms with van der Waals surface area (Å²) in [7, 11) is -1.47. The van der Waals surface area contributed by atoms with Gasteiger partial charge in [0.2, 0.25) is 0 Å². The summed E-state index contributed by atoms with van der Waals surface area (Å²) in [6, 6.07) is 8.72. The molecule has 0 aliphatic rings. The predicted octanol–water partition coefficient (Wildman–Crippen LogP) is 2.77. The Labute approximate surface area is 94.9 Å². The maximum absolute atomic E-state index is 3.34. The van der Waals surface area contributed by atoms with Crippen LogP contribution >= 0.6 is 22.6 Å². The third-order valence-electron chi connectivity index (χ3n) is 2.00. The van der Waals surface area contributed by atoms with E-state index in [0.29, 0.717) is 0 Å². The van der Waals surface area contributed by atoms with Gasteiger partial charge in [0.15, 0.2) is 8.07 Å². The fraction of sp³-hybridized carbons (Fsp3) is 0.273. The molecule has 68 valence electrons. The summed E-state index contributed by atoms with van der Waals surface area (Å²) in [5, 5.41) is 1.42. The Kier molecular flexibility index (Phi) is 3.57. The van der Waals surface area contributed by atoms with Crippen molar-refractivity contribution < 1.29 is 0 Å². The van der Waals surface area contributed by atoms with Gasteiger partial charge in [-0.1, -0.05) is 25.2 Å². The highest BCUT2D eigenvalue weighted by Crippen LogP contribution is 2.05. The van der Waals surface area contributed by atoms with Crippen LogP contribution < -0.4 is 5.19 Å². The van der Waals surface area contributed by atoms with Crippen LogP contribution in [0.3, 0.4) is 0 Å². The smallest absolute Gasteiger partial charge is 0.126 e. The van der Waals surface area contributed by atoms with Crippen molar-refractivity contribution >= 4 is 35.9 Å². The lowest BCUT2D eigenvalue weighted by atomic mass is 10.4. The number of hydrogen-bond donors (Lipinski definition) is 0. The lowest BCUT2D eigenvalue weighted by molar-refractivity contribution is 1.66. The Morgan fingerprint density at radius 1 is 1.15 bits per heavy atom. The molecule has 1 rings (SSSR count). The zero-order valence-corrected chi connectivity index (χ0v) is 11.3. The second kappa shape index (κ2) is 4.29. The number of hydrogen-bond acceptors (Lipinski definition) is 0. The first-order valence-corrected chi connectivity index (χ1v) is 8.34. The summed E-state index contributed by atoms with van der Waals surface area (Å²) in [6.07, 6.45) is 0. The maximum atomic E-state index is 3.34. The van der Waals surface area contributed by atoms with Crippen molar-refractivity contribution in [2.45, 2.75) is 20.0 Å². The topological polar surface area (TPSA) is 0 Å². The number of halogens is 1. The highest BCUT2D eigenvalue weighted by molar-refractivity contribution is 14.1. The molecule has 0 N–H and O–H groups in total. The number of rotatable bonds is 1. The van der Waals surface area contributed by atoms with Crippen LogP contribution in [0.2, 0.25) is 13.1 Å². The summed E-state index contributed by atoms with van der Waals surface area (Å²) in [4.78, 5) is 0. The van der Waals surface area contributed by atoms with Gasteiger partial charge in [0.25, 0.3) is 0 Å². The molecule has 0 radical (unpaired) electrons. The van der Waals surface area contributed by atoms with Crippen LogP contribution in [0.5, 0.6) is 0 Å². The van der Waals surface area contributed by atoms with Gasteiger partial charge in [-0.05, 0) is 46.8 Å². The molecule has 0 atom stereocenters. The minimum Gasteiger partial charge on any atom is -0.126 e. The average Bonchev–Trinajstić information content (AvgIpc) is 2.05. The van der Waals surface area contributed by atoms with Crippen molar-refractivity contribution in [3.05, 3.63) is 27.8 Å². The van der Waals surface area contributed by atoms with E-state index in [2.05, 4.69) is 71.4 Å². The molecule has 0 spiro atoms. The Bertz CT molecular complexity index is 341. The van der Waals surface area contributed by atoms with Crippen molar-refractivity contribution in [1.29, 1.82) is 0 Å². The van der Waals surface area contributed by atoms with Crippen molar-refractivity contribution in [2.75, 3.05) is 0 Å². The zero-order chi connectivity index (χ0) is 9.90. The molecule has 0 fully saturated rings. The van der Waals surface area contributed by atoms with Gasteiger partial charge in [-0.15, -0.1) is 11.5 Å². The van der Waals surface area contributed by atoms with Crippen LogP contribution in [0.15, 0.2) is 24.3 Å². The summed E-state index contributed by atoms with van der Waals surface area (Å²) in [5.74, 6) is 3.03. The Morgan fingerprint density at radius 2 is 1.69 bits per heavy atom.